The van der Waals surface area contributed by atoms with Gasteiger partial charge in [0.05, 0.1) is 28.4 Å². The SMILES string of the molecule is CCCC(CN(C)CC(N)=O)c1nc2c(-c3cnc4ccccc4c3)cnn2c(N)c1Br.OO. The Bertz CT molecular complexity index is 1290. The topological polar surface area (TPSA) is 156 Å². The van der Waals surface area contributed by atoms with E-state index in [2.05, 4.69) is 39.0 Å². The third kappa shape index (κ3) is 5.33. The van der Waals surface area contributed by atoms with E-state index in [0.717, 1.165) is 45.0 Å². The van der Waals surface area contributed by atoms with Crippen molar-refractivity contribution in [2.75, 3.05) is 25.9 Å². The number of rotatable bonds is 8. The molecule has 0 fully saturated rings. The highest BCUT2D eigenvalue weighted by molar-refractivity contribution is 9.10. The number of likely N-dealkylation sites (N-methyl/N-ethyl adjacent to an activating group) is 1. The first kappa shape index (κ1) is 25.5. The highest BCUT2D eigenvalue weighted by Gasteiger charge is 2.23. The molecule has 6 N–H and O–H groups in total. The van der Waals surface area contributed by atoms with E-state index < -0.39 is 0 Å². The van der Waals surface area contributed by atoms with E-state index >= 15 is 0 Å². The number of benzene rings is 1. The summed E-state index contributed by atoms with van der Waals surface area (Å²) in [5, 5.41) is 17.5. The quantitative estimate of drug-likeness (QED) is 0.199. The number of carbonyl (C=O) groups excluding carboxylic acids is 1. The number of hydrogen-bond donors (Lipinski definition) is 4. The van der Waals surface area contributed by atoms with E-state index in [9.17, 15) is 4.79 Å². The molecule has 0 spiro atoms. The van der Waals surface area contributed by atoms with Crippen molar-refractivity contribution in [1.82, 2.24) is 24.5 Å². The zero-order valence-electron chi connectivity index (χ0n) is 19.0. The van der Waals surface area contributed by atoms with Gasteiger partial charge in [-0.2, -0.15) is 9.61 Å². The van der Waals surface area contributed by atoms with Gasteiger partial charge >= 0.3 is 0 Å². The molecule has 0 radical (unpaired) electrons. The van der Waals surface area contributed by atoms with Gasteiger partial charge < -0.3 is 11.5 Å². The fourth-order valence-corrected chi connectivity index (χ4v) is 4.66. The maximum absolute atomic E-state index is 11.4. The minimum absolute atomic E-state index is 0.0727. The fraction of sp³-hybridized carbons (Fsp3) is 0.304. The first-order valence-corrected chi connectivity index (χ1v) is 11.5. The average Bonchev–Trinajstić information content (AvgIpc) is 3.26. The average molecular weight is 530 g/mol. The molecule has 0 saturated carbocycles. The molecule has 4 aromatic rings. The summed E-state index contributed by atoms with van der Waals surface area (Å²) in [4.78, 5) is 22.9. The lowest BCUT2D eigenvalue weighted by Gasteiger charge is -2.24. The van der Waals surface area contributed by atoms with E-state index in [-0.39, 0.29) is 18.4 Å². The Morgan fingerprint density at radius 3 is 2.71 bits per heavy atom. The lowest BCUT2D eigenvalue weighted by Crippen LogP contribution is -2.34. The normalized spacial score (nSPS) is 12.1. The zero-order chi connectivity index (χ0) is 24.8. The van der Waals surface area contributed by atoms with Crippen molar-refractivity contribution in [1.29, 1.82) is 0 Å². The molecule has 0 saturated heterocycles. The summed E-state index contributed by atoms with van der Waals surface area (Å²) in [6.07, 6.45) is 5.47. The smallest absolute Gasteiger partial charge is 0.231 e. The molecule has 3 heterocycles. The van der Waals surface area contributed by atoms with E-state index in [1.165, 1.54) is 0 Å². The van der Waals surface area contributed by atoms with Crippen molar-refractivity contribution in [2.45, 2.75) is 25.7 Å². The maximum atomic E-state index is 11.4. The summed E-state index contributed by atoms with van der Waals surface area (Å²) in [6, 6.07) is 10.1. The molecule has 10 nitrogen and oxygen atoms in total. The fourth-order valence-electron chi connectivity index (χ4n) is 4.08. The molecule has 1 aromatic carbocycles. The largest absolute Gasteiger partial charge is 0.383 e. The summed E-state index contributed by atoms with van der Waals surface area (Å²) in [6.45, 7) is 2.96. The van der Waals surface area contributed by atoms with Crippen LogP contribution in [0.25, 0.3) is 27.7 Å². The third-order valence-corrected chi connectivity index (χ3v) is 6.34. The second kappa shape index (κ2) is 11.3. The molecule has 0 aliphatic heterocycles. The number of anilines is 1. The van der Waals surface area contributed by atoms with E-state index in [4.69, 9.17) is 27.0 Å². The third-order valence-electron chi connectivity index (χ3n) is 5.53. The van der Waals surface area contributed by atoms with E-state index in [0.29, 0.717) is 18.0 Å². The minimum Gasteiger partial charge on any atom is -0.383 e. The monoisotopic (exact) mass is 529 g/mol. The van der Waals surface area contributed by atoms with Gasteiger partial charge in [0.15, 0.2) is 5.65 Å². The number of aromatic nitrogens is 4. The Balaban J connectivity index is 0.00000158. The molecule has 0 bridgehead atoms. The first-order chi connectivity index (χ1) is 16.4. The van der Waals surface area contributed by atoms with E-state index in [1.807, 2.05) is 42.4 Å². The predicted octanol–water partition coefficient (Wildman–Crippen LogP) is 3.61. The molecule has 3 aromatic heterocycles. The molecule has 180 valence electrons. The van der Waals surface area contributed by atoms with Gasteiger partial charge in [0.25, 0.3) is 0 Å². The summed E-state index contributed by atoms with van der Waals surface area (Å²) in [5.74, 6) is 0.207. The van der Waals surface area contributed by atoms with Crippen LogP contribution >= 0.6 is 15.9 Å². The highest BCUT2D eigenvalue weighted by atomic mass is 79.9. The second-order valence-corrected chi connectivity index (χ2v) is 8.85. The molecular weight excluding hydrogens is 502 g/mol. The number of para-hydroxylation sites is 1. The minimum atomic E-state index is -0.355. The van der Waals surface area contributed by atoms with Gasteiger partial charge in [-0.15, -0.1) is 0 Å². The van der Waals surface area contributed by atoms with Crippen LogP contribution in [0.2, 0.25) is 0 Å². The van der Waals surface area contributed by atoms with Crippen LogP contribution in [0.3, 0.4) is 0 Å². The van der Waals surface area contributed by atoms with Gasteiger partial charge in [0.1, 0.15) is 5.82 Å². The number of nitrogen functional groups attached to an aromatic ring is 1. The van der Waals surface area contributed by atoms with Crippen LogP contribution in [-0.4, -0.2) is 61.0 Å². The lowest BCUT2D eigenvalue weighted by atomic mass is 9.98. The number of amides is 1. The molecule has 0 aliphatic rings. The lowest BCUT2D eigenvalue weighted by molar-refractivity contribution is -0.176. The van der Waals surface area contributed by atoms with Crippen LogP contribution in [0.5, 0.6) is 0 Å². The molecular formula is C23H28BrN7O3. The van der Waals surface area contributed by atoms with Gasteiger partial charge in [0.2, 0.25) is 5.91 Å². The molecule has 1 amide bonds. The molecule has 1 atom stereocenters. The van der Waals surface area contributed by atoms with Crippen LogP contribution in [0.4, 0.5) is 5.82 Å². The number of fused-ring (bicyclic) bond motifs is 2. The Hall–Kier alpha value is -3.12. The van der Waals surface area contributed by atoms with Crippen LogP contribution in [0.1, 0.15) is 31.4 Å². The molecule has 11 heteroatoms. The number of pyridine rings is 1. The Labute approximate surface area is 205 Å². The summed E-state index contributed by atoms with van der Waals surface area (Å²) >= 11 is 3.64. The van der Waals surface area contributed by atoms with Gasteiger partial charge in [0, 0.05) is 35.2 Å². The highest BCUT2D eigenvalue weighted by Crippen LogP contribution is 2.35. The first-order valence-electron chi connectivity index (χ1n) is 10.7. The van der Waals surface area contributed by atoms with Gasteiger partial charge in [-0.05, 0) is 41.5 Å². The Morgan fingerprint density at radius 1 is 1.26 bits per heavy atom. The predicted molar refractivity (Wildman–Crippen MR) is 135 cm³/mol. The van der Waals surface area contributed by atoms with Crippen molar-refractivity contribution in [3.63, 3.8) is 0 Å². The van der Waals surface area contributed by atoms with Crippen molar-refractivity contribution >= 4 is 44.2 Å². The maximum Gasteiger partial charge on any atom is 0.231 e. The number of nitrogens with two attached hydrogens (primary N) is 2. The van der Waals surface area contributed by atoms with Crippen LogP contribution in [0.15, 0.2) is 47.2 Å². The Kier molecular flexibility index (Phi) is 8.51. The molecule has 34 heavy (non-hydrogen) atoms. The summed E-state index contributed by atoms with van der Waals surface area (Å²) in [5.41, 5.74) is 16.1. The number of primary amides is 1. The van der Waals surface area contributed by atoms with E-state index in [1.54, 1.807) is 10.7 Å². The summed E-state index contributed by atoms with van der Waals surface area (Å²) < 4.78 is 2.37. The van der Waals surface area contributed by atoms with Crippen molar-refractivity contribution in [3.8, 4) is 11.1 Å². The molecule has 4 rings (SSSR count). The summed E-state index contributed by atoms with van der Waals surface area (Å²) in [7, 11) is 1.88. The van der Waals surface area contributed by atoms with Gasteiger partial charge in [-0.1, -0.05) is 31.5 Å². The second-order valence-electron chi connectivity index (χ2n) is 8.06. The number of halogens is 1. The van der Waals surface area contributed by atoms with Crippen LogP contribution in [-0.2, 0) is 4.79 Å². The van der Waals surface area contributed by atoms with Gasteiger partial charge in [-0.25, -0.2) is 4.98 Å². The van der Waals surface area contributed by atoms with Crippen LogP contribution < -0.4 is 11.5 Å². The van der Waals surface area contributed by atoms with Crippen molar-refractivity contribution in [3.05, 3.63) is 52.9 Å². The van der Waals surface area contributed by atoms with Gasteiger partial charge in [-0.3, -0.25) is 25.2 Å². The Morgan fingerprint density at radius 2 is 2.00 bits per heavy atom. The number of hydrogen-bond acceptors (Lipinski definition) is 8. The standard InChI is InChI=1S/C23H26BrN7O.H2O2/c1-3-6-15(12-30(2)13-19(25)32)21-20(24)22(26)31-23(29-21)17(11-28-31)16-9-14-7-4-5-8-18(14)27-10-16;1-2/h4-5,7-11,15H,3,6,12-13,26H2,1-2H3,(H2,25,32);1-2H. The van der Waals surface area contributed by atoms with Crippen molar-refractivity contribution < 1.29 is 15.3 Å². The molecule has 1 unspecified atom stereocenters. The number of carbonyl (C=O) groups is 1. The number of nitrogens with zero attached hydrogens (tertiary/aromatic N) is 5. The molecule has 0 aliphatic carbocycles. The van der Waals surface area contributed by atoms with Crippen molar-refractivity contribution in [2.24, 2.45) is 5.73 Å². The zero-order valence-corrected chi connectivity index (χ0v) is 20.6. The van der Waals surface area contributed by atoms with Crippen LogP contribution in [0, 0.1) is 0 Å².